The molecule has 0 spiro atoms. The van der Waals surface area contributed by atoms with Crippen LogP contribution in [0.15, 0.2) is 55.1 Å². The van der Waals surface area contributed by atoms with Crippen molar-refractivity contribution in [1.29, 1.82) is 0 Å². The highest BCUT2D eigenvalue weighted by atomic mass is 35.5. The van der Waals surface area contributed by atoms with E-state index < -0.39 is 5.91 Å². The van der Waals surface area contributed by atoms with E-state index in [-0.39, 0.29) is 22.4 Å². The van der Waals surface area contributed by atoms with E-state index in [4.69, 9.17) is 34.8 Å². The van der Waals surface area contributed by atoms with Crippen LogP contribution in [-0.4, -0.2) is 21.4 Å². The van der Waals surface area contributed by atoms with Gasteiger partial charge in [-0.2, -0.15) is 0 Å². The van der Waals surface area contributed by atoms with E-state index >= 15 is 0 Å². The Morgan fingerprint density at radius 2 is 1.83 bits per heavy atom. The Kier molecular flexibility index (Phi) is 6.98. The zero-order chi connectivity index (χ0) is 20.8. The number of hydrogen-bond acceptors (Lipinski definition) is 4. The summed E-state index contributed by atoms with van der Waals surface area (Å²) in [7, 11) is 0. The lowest BCUT2D eigenvalue weighted by Crippen LogP contribution is -2.29. The first-order valence-corrected chi connectivity index (χ1v) is 9.62. The van der Waals surface area contributed by atoms with Crippen LogP contribution in [0, 0.1) is 0 Å². The molecule has 2 amide bonds. The van der Waals surface area contributed by atoms with Crippen LogP contribution in [-0.2, 0) is 11.3 Å². The zero-order valence-electron chi connectivity index (χ0n) is 15.0. The van der Waals surface area contributed by atoms with E-state index in [1.54, 1.807) is 43.0 Å². The van der Waals surface area contributed by atoms with Crippen molar-refractivity contribution < 1.29 is 9.59 Å². The van der Waals surface area contributed by atoms with Crippen LogP contribution in [0.4, 0.5) is 11.4 Å². The van der Waals surface area contributed by atoms with Crippen LogP contribution < -0.4 is 16.2 Å². The molecule has 10 heteroatoms. The van der Waals surface area contributed by atoms with Crippen molar-refractivity contribution in [2.75, 3.05) is 10.7 Å². The van der Waals surface area contributed by atoms with Gasteiger partial charge in [-0.1, -0.05) is 40.9 Å². The predicted molar refractivity (Wildman–Crippen MR) is 114 cm³/mol. The molecule has 0 atom stereocenters. The molecule has 0 aliphatic heterocycles. The van der Waals surface area contributed by atoms with Gasteiger partial charge >= 0.3 is 0 Å². The van der Waals surface area contributed by atoms with E-state index in [0.29, 0.717) is 28.5 Å². The fourth-order valence-corrected chi connectivity index (χ4v) is 3.38. The molecule has 0 saturated carbocycles. The number of hydrogen-bond donors (Lipinski definition) is 3. The number of imidazole rings is 1. The summed E-state index contributed by atoms with van der Waals surface area (Å²) in [6.45, 7) is 0.512. The first kappa shape index (κ1) is 21.0. The number of aromatic nitrogens is 2. The van der Waals surface area contributed by atoms with Gasteiger partial charge < -0.3 is 9.88 Å². The number of carbonyl (C=O) groups is 2. The lowest BCUT2D eigenvalue weighted by atomic mass is 10.2. The van der Waals surface area contributed by atoms with Gasteiger partial charge in [0.25, 0.3) is 5.91 Å². The second-order valence-corrected chi connectivity index (χ2v) is 7.25. The molecule has 150 valence electrons. The number of benzene rings is 2. The van der Waals surface area contributed by atoms with Gasteiger partial charge in [-0.15, -0.1) is 0 Å². The molecule has 0 aliphatic carbocycles. The second-order valence-electron chi connectivity index (χ2n) is 6.00. The van der Waals surface area contributed by atoms with Crippen molar-refractivity contribution >= 4 is 58.0 Å². The number of amides is 2. The number of hydrazine groups is 1. The van der Waals surface area contributed by atoms with Crippen molar-refractivity contribution in [1.82, 2.24) is 15.0 Å². The largest absolute Gasteiger partial charge is 0.337 e. The van der Waals surface area contributed by atoms with Crippen LogP contribution in [0.25, 0.3) is 0 Å². The van der Waals surface area contributed by atoms with Crippen LogP contribution in [0.2, 0.25) is 15.1 Å². The van der Waals surface area contributed by atoms with Crippen molar-refractivity contribution in [2.24, 2.45) is 0 Å². The fraction of sp³-hybridized carbons (Fsp3) is 0.105. The highest BCUT2D eigenvalue weighted by molar-refractivity contribution is 6.41. The minimum atomic E-state index is -0.429. The monoisotopic (exact) mass is 451 g/mol. The summed E-state index contributed by atoms with van der Waals surface area (Å²) < 4.78 is 1.81. The third-order valence-corrected chi connectivity index (χ3v) is 4.69. The summed E-state index contributed by atoms with van der Waals surface area (Å²) in [5.74, 6) is -0.601. The number of nitrogens with zero attached hydrogens (tertiary/aromatic N) is 2. The minimum Gasteiger partial charge on any atom is -0.337 e. The maximum Gasteiger partial charge on any atom is 0.269 e. The van der Waals surface area contributed by atoms with E-state index in [9.17, 15) is 9.59 Å². The Hall–Kier alpha value is -2.74. The van der Waals surface area contributed by atoms with Gasteiger partial charge in [0.05, 0.1) is 22.1 Å². The smallest absolute Gasteiger partial charge is 0.269 e. The molecule has 1 heterocycles. The third kappa shape index (κ3) is 5.87. The third-order valence-electron chi connectivity index (χ3n) is 3.87. The molecule has 1 aromatic heterocycles. The van der Waals surface area contributed by atoms with Crippen molar-refractivity contribution in [3.05, 3.63) is 75.8 Å². The number of nitrogens with one attached hydrogen (secondary N) is 3. The lowest BCUT2D eigenvalue weighted by molar-refractivity contribution is -0.116. The summed E-state index contributed by atoms with van der Waals surface area (Å²) in [6.07, 6.45) is 5.36. The fourth-order valence-electron chi connectivity index (χ4n) is 2.46. The Morgan fingerprint density at radius 3 is 2.52 bits per heavy atom. The average Bonchev–Trinajstić information content (AvgIpc) is 3.19. The molecule has 0 bridgehead atoms. The first-order valence-electron chi connectivity index (χ1n) is 8.49. The summed E-state index contributed by atoms with van der Waals surface area (Å²) in [6, 6.07) is 9.56. The van der Waals surface area contributed by atoms with Gasteiger partial charge in [-0.3, -0.25) is 20.4 Å². The number of rotatable bonds is 7. The number of anilines is 2. The highest BCUT2D eigenvalue weighted by Gasteiger charge is 2.11. The van der Waals surface area contributed by atoms with Gasteiger partial charge in [-0.25, -0.2) is 4.98 Å². The van der Waals surface area contributed by atoms with Gasteiger partial charge in [0.15, 0.2) is 0 Å². The number of halogens is 3. The van der Waals surface area contributed by atoms with Crippen molar-refractivity contribution in [2.45, 2.75) is 13.0 Å². The molecular weight excluding hydrogens is 437 g/mol. The Bertz CT molecular complexity index is 1000. The molecule has 2 aromatic carbocycles. The van der Waals surface area contributed by atoms with Crippen LogP contribution in [0.3, 0.4) is 0 Å². The molecule has 0 saturated heterocycles. The first-order chi connectivity index (χ1) is 13.9. The van der Waals surface area contributed by atoms with Crippen LogP contribution >= 0.6 is 34.8 Å². The summed E-state index contributed by atoms with van der Waals surface area (Å²) in [5, 5.41) is 3.68. The number of carbonyl (C=O) groups excluding carboxylic acids is 2. The quantitative estimate of drug-likeness (QED) is 0.456. The Labute approximate surface area is 181 Å². The lowest BCUT2D eigenvalue weighted by Gasteiger charge is -2.13. The molecule has 29 heavy (non-hydrogen) atoms. The molecule has 0 fully saturated rings. The second kappa shape index (κ2) is 9.65. The van der Waals surface area contributed by atoms with Crippen molar-refractivity contribution in [3.8, 4) is 0 Å². The molecule has 0 aliphatic rings. The normalized spacial score (nSPS) is 10.4. The molecular formula is C19H16Cl3N5O2. The molecule has 0 unspecified atom stereocenters. The average molecular weight is 453 g/mol. The van der Waals surface area contributed by atoms with Crippen LogP contribution in [0.1, 0.15) is 16.8 Å². The molecule has 3 aromatic rings. The predicted octanol–water partition coefficient (Wildman–Crippen LogP) is 4.63. The van der Waals surface area contributed by atoms with E-state index in [2.05, 4.69) is 21.2 Å². The van der Waals surface area contributed by atoms with E-state index in [1.807, 2.05) is 4.57 Å². The summed E-state index contributed by atoms with van der Waals surface area (Å²) >= 11 is 18.0. The highest BCUT2D eigenvalue weighted by Crippen LogP contribution is 2.33. The van der Waals surface area contributed by atoms with E-state index in [0.717, 1.165) is 0 Å². The molecule has 7 nitrogen and oxygen atoms in total. The molecule has 0 radical (unpaired) electrons. The standard InChI is InChI=1S/C19H16Cl3N5O2/c20-13-9-15(21)18(16(22)10-13)25-26-19(29)12-2-1-3-14(8-12)24-17(28)4-6-27-7-5-23-11-27/h1-3,5,7-11,25H,4,6H2,(H,24,28)(H,26,29). The van der Waals surface area contributed by atoms with Gasteiger partial charge in [0.2, 0.25) is 5.91 Å². The van der Waals surface area contributed by atoms with E-state index in [1.165, 1.54) is 12.1 Å². The maximum atomic E-state index is 12.4. The maximum absolute atomic E-state index is 12.4. The van der Waals surface area contributed by atoms with Gasteiger partial charge in [0.1, 0.15) is 0 Å². The zero-order valence-corrected chi connectivity index (χ0v) is 17.2. The summed E-state index contributed by atoms with van der Waals surface area (Å²) in [5.41, 5.74) is 6.38. The van der Waals surface area contributed by atoms with Crippen LogP contribution in [0.5, 0.6) is 0 Å². The van der Waals surface area contributed by atoms with Crippen molar-refractivity contribution in [3.63, 3.8) is 0 Å². The Balaban J connectivity index is 1.58. The minimum absolute atomic E-state index is 0.172. The molecule has 3 rings (SSSR count). The van der Waals surface area contributed by atoms with Gasteiger partial charge in [0, 0.05) is 41.6 Å². The summed E-state index contributed by atoms with van der Waals surface area (Å²) in [4.78, 5) is 28.4. The SMILES string of the molecule is O=C(CCn1ccnc1)Nc1cccc(C(=O)NNc2c(Cl)cc(Cl)cc2Cl)c1. The van der Waals surface area contributed by atoms with Gasteiger partial charge in [-0.05, 0) is 30.3 Å². The molecule has 3 N–H and O–H groups in total. The number of aryl methyl sites for hydroxylation is 1. The Morgan fingerprint density at radius 1 is 1.07 bits per heavy atom. The topological polar surface area (TPSA) is 88.0 Å².